The first-order valence-electron chi connectivity index (χ1n) is 6.36. The molecule has 4 nitrogen and oxygen atoms in total. The molecule has 2 aromatic rings. The van der Waals surface area contributed by atoms with E-state index in [1.165, 1.54) is 0 Å². The van der Waals surface area contributed by atoms with Crippen molar-refractivity contribution in [2.24, 2.45) is 11.7 Å². The highest BCUT2D eigenvalue weighted by Gasteiger charge is 2.15. The fourth-order valence-electron chi connectivity index (χ4n) is 2.02. The number of imidazole rings is 1. The molecule has 0 saturated carbocycles. The van der Waals surface area contributed by atoms with Gasteiger partial charge >= 0.3 is 0 Å². The summed E-state index contributed by atoms with van der Waals surface area (Å²) < 4.78 is 2.04. The van der Waals surface area contributed by atoms with Crippen LogP contribution >= 0.6 is 0 Å². The zero-order valence-corrected chi connectivity index (χ0v) is 11.2. The fraction of sp³-hybridized carbons (Fsp3) is 0.333. The van der Waals surface area contributed by atoms with Gasteiger partial charge in [-0.25, -0.2) is 4.98 Å². The third kappa shape index (κ3) is 3.01. The third-order valence-corrected chi connectivity index (χ3v) is 3.21. The van der Waals surface area contributed by atoms with E-state index in [2.05, 4.69) is 24.9 Å². The third-order valence-electron chi connectivity index (χ3n) is 3.21. The maximum atomic E-state index is 8.91. The molecule has 1 aromatic heterocycles. The summed E-state index contributed by atoms with van der Waals surface area (Å²) >= 11 is 0. The first kappa shape index (κ1) is 13.3. The summed E-state index contributed by atoms with van der Waals surface area (Å²) in [6.07, 6.45) is 3.61. The molecule has 0 saturated heterocycles. The Bertz CT molecular complexity index is 592. The van der Waals surface area contributed by atoms with Crippen LogP contribution in [0, 0.1) is 17.2 Å². The quantitative estimate of drug-likeness (QED) is 0.911. The maximum Gasteiger partial charge on any atom is 0.0991 e. The lowest BCUT2D eigenvalue weighted by Crippen LogP contribution is -2.20. The Morgan fingerprint density at radius 2 is 2.21 bits per heavy atom. The topological polar surface area (TPSA) is 67.6 Å². The molecule has 98 valence electrons. The molecule has 0 spiro atoms. The van der Waals surface area contributed by atoms with Gasteiger partial charge in [0.25, 0.3) is 0 Å². The Balaban J connectivity index is 2.24. The Morgan fingerprint density at radius 3 is 2.89 bits per heavy atom. The molecule has 1 heterocycles. The Labute approximate surface area is 113 Å². The van der Waals surface area contributed by atoms with Crippen LogP contribution in [0.4, 0.5) is 0 Å². The van der Waals surface area contributed by atoms with Crippen LogP contribution in [0.25, 0.3) is 0 Å². The van der Waals surface area contributed by atoms with Crippen molar-refractivity contribution >= 4 is 0 Å². The number of nitrogens with two attached hydrogens (primary N) is 1. The predicted octanol–water partition coefficient (Wildman–Crippen LogP) is 2.46. The van der Waals surface area contributed by atoms with Gasteiger partial charge in [0.15, 0.2) is 0 Å². The number of benzene rings is 1. The number of hydrogen-bond acceptors (Lipinski definition) is 3. The van der Waals surface area contributed by atoms with E-state index in [9.17, 15) is 0 Å². The van der Waals surface area contributed by atoms with Gasteiger partial charge in [-0.15, -0.1) is 0 Å². The Kier molecular flexibility index (Phi) is 3.98. The maximum absolute atomic E-state index is 8.91. The average molecular weight is 254 g/mol. The highest BCUT2D eigenvalue weighted by molar-refractivity contribution is 5.33. The molecule has 0 aliphatic heterocycles. The van der Waals surface area contributed by atoms with E-state index >= 15 is 0 Å². The van der Waals surface area contributed by atoms with E-state index in [1.807, 2.05) is 29.0 Å². The van der Waals surface area contributed by atoms with Crippen molar-refractivity contribution in [2.75, 3.05) is 0 Å². The number of hydrogen-bond donors (Lipinski definition) is 1. The number of aromatic nitrogens is 2. The fourth-order valence-corrected chi connectivity index (χ4v) is 2.02. The average Bonchev–Trinajstić information content (AvgIpc) is 2.86. The van der Waals surface area contributed by atoms with Gasteiger partial charge in [0.05, 0.1) is 23.7 Å². The highest BCUT2D eigenvalue weighted by atomic mass is 15.1. The smallest absolute Gasteiger partial charge is 0.0991 e. The molecule has 4 heteroatoms. The van der Waals surface area contributed by atoms with Gasteiger partial charge in [0.1, 0.15) is 0 Å². The van der Waals surface area contributed by atoms with Crippen LogP contribution in [-0.2, 0) is 6.54 Å². The summed E-state index contributed by atoms with van der Waals surface area (Å²) in [7, 11) is 0. The van der Waals surface area contributed by atoms with Crippen molar-refractivity contribution < 1.29 is 0 Å². The molecule has 19 heavy (non-hydrogen) atoms. The van der Waals surface area contributed by atoms with E-state index in [-0.39, 0.29) is 6.04 Å². The Morgan fingerprint density at radius 1 is 1.42 bits per heavy atom. The van der Waals surface area contributed by atoms with E-state index in [0.29, 0.717) is 18.0 Å². The second-order valence-corrected chi connectivity index (χ2v) is 5.03. The van der Waals surface area contributed by atoms with Crippen LogP contribution in [0.1, 0.15) is 36.7 Å². The van der Waals surface area contributed by atoms with Crippen LogP contribution in [0.2, 0.25) is 0 Å². The molecule has 1 unspecified atom stereocenters. The minimum Gasteiger partial charge on any atom is -0.329 e. The normalized spacial score (nSPS) is 12.4. The molecule has 1 atom stereocenters. The summed E-state index contributed by atoms with van der Waals surface area (Å²) in [5, 5.41) is 8.91. The largest absolute Gasteiger partial charge is 0.329 e. The standard InChI is InChI=1S/C15H18N4/c1-11(2)15(17)14-8-18-10-19(14)9-13-5-3-4-12(6-13)7-16/h3-6,8,10-11,15H,9,17H2,1-2H3. The monoisotopic (exact) mass is 254 g/mol. The molecule has 1 aromatic carbocycles. The molecule has 0 amide bonds. The molecule has 2 rings (SSSR count). The van der Waals surface area contributed by atoms with Gasteiger partial charge in [-0.05, 0) is 23.6 Å². The van der Waals surface area contributed by atoms with Crippen LogP contribution in [0.5, 0.6) is 0 Å². The first-order valence-corrected chi connectivity index (χ1v) is 6.36. The molecule has 0 aliphatic carbocycles. The second-order valence-electron chi connectivity index (χ2n) is 5.03. The summed E-state index contributed by atoms with van der Waals surface area (Å²) in [6, 6.07) is 9.73. The first-order chi connectivity index (χ1) is 9.11. The van der Waals surface area contributed by atoms with E-state index in [1.54, 1.807) is 12.4 Å². The molecule has 0 bridgehead atoms. The summed E-state index contributed by atoms with van der Waals surface area (Å²) in [6.45, 7) is 4.88. The molecule has 0 aliphatic rings. The van der Waals surface area contributed by atoms with Crippen molar-refractivity contribution in [1.82, 2.24) is 9.55 Å². The summed E-state index contributed by atoms with van der Waals surface area (Å²) in [5.74, 6) is 0.362. The van der Waals surface area contributed by atoms with Gasteiger partial charge < -0.3 is 10.3 Å². The summed E-state index contributed by atoms with van der Waals surface area (Å²) in [4.78, 5) is 4.18. The minimum atomic E-state index is -0.0263. The van der Waals surface area contributed by atoms with Crippen molar-refractivity contribution in [1.29, 1.82) is 5.26 Å². The van der Waals surface area contributed by atoms with E-state index < -0.39 is 0 Å². The van der Waals surface area contributed by atoms with E-state index in [4.69, 9.17) is 11.0 Å². The van der Waals surface area contributed by atoms with Crippen molar-refractivity contribution in [3.63, 3.8) is 0 Å². The molecule has 0 fully saturated rings. The molecule has 0 radical (unpaired) electrons. The SMILES string of the molecule is CC(C)C(N)c1cncn1Cc1cccc(C#N)c1. The number of nitriles is 1. The molecular formula is C15H18N4. The number of rotatable bonds is 4. The van der Waals surface area contributed by atoms with Crippen LogP contribution in [0.3, 0.4) is 0 Å². The van der Waals surface area contributed by atoms with Gasteiger partial charge in [0, 0.05) is 18.8 Å². The lowest BCUT2D eigenvalue weighted by atomic mass is 10.0. The van der Waals surface area contributed by atoms with E-state index in [0.717, 1.165) is 11.3 Å². The molecular weight excluding hydrogens is 236 g/mol. The van der Waals surface area contributed by atoms with Gasteiger partial charge in [-0.2, -0.15) is 5.26 Å². The van der Waals surface area contributed by atoms with Gasteiger partial charge in [-0.3, -0.25) is 0 Å². The minimum absolute atomic E-state index is 0.0263. The second kappa shape index (κ2) is 5.68. The van der Waals surface area contributed by atoms with Crippen molar-refractivity contribution in [2.45, 2.75) is 26.4 Å². The summed E-state index contributed by atoms with van der Waals surface area (Å²) in [5.41, 5.74) is 8.96. The van der Waals surface area contributed by atoms with Crippen molar-refractivity contribution in [3.05, 3.63) is 53.6 Å². The van der Waals surface area contributed by atoms with Gasteiger partial charge in [0.2, 0.25) is 0 Å². The van der Waals surface area contributed by atoms with Crippen LogP contribution in [-0.4, -0.2) is 9.55 Å². The molecule has 2 N–H and O–H groups in total. The zero-order valence-electron chi connectivity index (χ0n) is 11.2. The highest BCUT2D eigenvalue weighted by Crippen LogP contribution is 2.19. The lowest BCUT2D eigenvalue weighted by molar-refractivity contribution is 0.484. The van der Waals surface area contributed by atoms with Gasteiger partial charge in [-0.1, -0.05) is 26.0 Å². The lowest BCUT2D eigenvalue weighted by Gasteiger charge is -2.18. The predicted molar refractivity (Wildman–Crippen MR) is 74.3 cm³/mol. The van der Waals surface area contributed by atoms with Crippen LogP contribution in [0.15, 0.2) is 36.8 Å². The van der Waals surface area contributed by atoms with Crippen LogP contribution < -0.4 is 5.73 Å². The van der Waals surface area contributed by atoms with Crippen molar-refractivity contribution in [3.8, 4) is 6.07 Å². The zero-order chi connectivity index (χ0) is 13.8. The Hall–Kier alpha value is -2.12. The number of nitrogens with zero attached hydrogens (tertiary/aromatic N) is 3.